The zero-order valence-electron chi connectivity index (χ0n) is 16.2. The van der Waals surface area contributed by atoms with Gasteiger partial charge in [0.1, 0.15) is 6.17 Å². The van der Waals surface area contributed by atoms with Crippen LogP contribution in [0.3, 0.4) is 0 Å². The summed E-state index contributed by atoms with van der Waals surface area (Å²) in [7, 11) is -0.512. The molecule has 0 aliphatic carbocycles. The highest BCUT2D eigenvalue weighted by molar-refractivity contribution is 7.89. The lowest BCUT2D eigenvalue weighted by Crippen LogP contribution is -2.35. The van der Waals surface area contributed by atoms with Crippen LogP contribution in [0, 0.1) is 0 Å². The first-order chi connectivity index (χ1) is 13.4. The smallest absolute Gasteiger partial charge is 0.255 e. The first-order valence-corrected chi connectivity index (χ1v) is 11.0. The summed E-state index contributed by atoms with van der Waals surface area (Å²) in [6.07, 6.45) is 2.20. The van der Waals surface area contributed by atoms with E-state index in [0.29, 0.717) is 18.2 Å². The fourth-order valence-corrected chi connectivity index (χ4v) is 5.12. The molecule has 0 saturated carbocycles. The van der Waals surface area contributed by atoms with Crippen LogP contribution in [-0.4, -0.2) is 61.7 Å². The maximum atomic E-state index is 13.3. The van der Waals surface area contributed by atoms with Gasteiger partial charge in [-0.3, -0.25) is 9.69 Å². The molecule has 2 heterocycles. The minimum absolute atomic E-state index is 0.0583. The van der Waals surface area contributed by atoms with Gasteiger partial charge >= 0.3 is 0 Å². The normalized spacial score (nSPS) is 22.6. The van der Waals surface area contributed by atoms with E-state index < -0.39 is 10.0 Å². The second-order valence-corrected chi connectivity index (χ2v) is 9.74. The Morgan fingerprint density at radius 3 is 2.36 bits per heavy atom. The first kappa shape index (κ1) is 19.1. The molecule has 2 saturated heterocycles. The maximum Gasteiger partial charge on any atom is 0.255 e. The molecule has 0 radical (unpaired) electrons. The van der Waals surface area contributed by atoms with Crippen LogP contribution in [0.15, 0.2) is 59.5 Å². The molecule has 0 aromatic heterocycles. The number of carbonyl (C=O) groups is 1. The van der Waals surface area contributed by atoms with Gasteiger partial charge in [0, 0.05) is 38.8 Å². The van der Waals surface area contributed by atoms with Gasteiger partial charge in [0.05, 0.1) is 4.90 Å². The average Bonchev–Trinajstić information content (AvgIpc) is 3.29. The summed E-state index contributed by atoms with van der Waals surface area (Å²) in [6, 6.07) is 16.8. The number of fused-ring (bicyclic) bond motifs is 1. The van der Waals surface area contributed by atoms with Crippen molar-refractivity contribution < 1.29 is 13.2 Å². The average molecular weight is 400 g/mol. The molecule has 148 valence electrons. The van der Waals surface area contributed by atoms with Crippen LogP contribution in [0.1, 0.15) is 34.9 Å². The van der Waals surface area contributed by atoms with Gasteiger partial charge in [-0.15, -0.1) is 0 Å². The summed E-state index contributed by atoms with van der Waals surface area (Å²) in [5.41, 5.74) is 1.63. The molecule has 2 aromatic rings. The molecular formula is C21H25N3O3S. The Kier molecular flexibility index (Phi) is 4.99. The van der Waals surface area contributed by atoms with E-state index in [9.17, 15) is 13.2 Å². The standard InChI is InChI=1S/C21H25N3O3S/c1-22(2)28(26,27)19-12-10-17(11-13-19)21(25)24-15-18-9-6-14-23(18)20(24)16-7-4-3-5-8-16/h3-5,7-8,10-13,18,20H,6,9,14-15H2,1-2H3. The second-order valence-electron chi connectivity index (χ2n) is 7.59. The summed E-state index contributed by atoms with van der Waals surface area (Å²) in [4.78, 5) is 17.8. The fourth-order valence-electron chi connectivity index (χ4n) is 4.22. The molecular weight excluding hydrogens is 374 g/mol. The van der Waals surface area contributed by atoms with Gasteiger partial charge in [-0.1, -0.05) is 30.3 Å². The van der Waals surface area contributed by atoms with E-state index in [-0.39, 0.29) is 17.0 Å². The predicted octanol–water partition coefficient (Wildman–Crippen LogP) is 2.56. The summed E-state index contributed by atoms with van der Waals surface area (Å²) >= 11 is 0. The molecule has 2 atom stereocenters. The molecule has 1 amide bonds. The third kappa shape index (κ3) is 3.23. The minimum atomic E-state index is -3.50. The van der Waals surface area contributed by atoms with E-state index in [0.717, 1.165) is 24.9 Å². The summed E-state index contributed by atoms with van der Waals surface area (Å²) in [5, 5.41) is 0. The van der Waals surface area contributed by atoms with Crippen molar-refractivity contribution in [2.75, 3.05) is 27.2 Å². The van der Waals surface area contributed by atoms with Gasteiger partial charge in [-0.2, -0.15) is 0 Å². The van der Waals surface area contributed by atoms with Crippen LogP contribution >= 0.6 is 0 Å². The quantitative estimate of drug-likeness (QED) is 0.793. The number of hydrogen-bond donors (Lipinski definition) is 0. The van der Waals surface area contributed by atoms with Crippen LogP contribution in [0.25, 0.3) is 0 Å². The van der Waals surface area contributed by atoms with Crippen molar-refractivity contribution in [2.24, 2.45) is 0 Å². The lowest BCUT2D eigenvalue weighted by Gasteiger charge is -2.30. The van der Waals surface area contributed by atoms with Crippen molar-refractivity contribution in [2.45, 2.75) is 29.9 Å². The van der Waals surface area contributed by atoms with E-state index in [1.54, 1.807) is 12.1 Å². The number of benzene rings is 2. The zero-order valence-corrected chi connectivity index (χ0v) is 17.0. The van der Waals surface area contributed by atoms with Gasteiger partial charge in [-0.25, -0.2) is 12.7 Å². The van der Waals surface area contributed by atoms with Gasteiger partial charge in [0.25, 0.3) is 5.91 Å². The predicted molar refractivity (Wildman–Crippen MR) is 107 cm³/mol. The molecule has 0 spiro atoms. The molecule has 28 heavy (non-hydrogen) atoms. The Hall–Kier alpha value is -2.22. The number of hydrogen-bond acceptors (Lipinski definition) is 4. The van der Waals surface area contributed by atoms with Crippen LogP contribution in [0.5, 0.6) is 0 Å². The third-order valence-corrected chi connectivity index (χ3v) is 7.51. The van der Waals surface area contributed by atoms with E-state index in [1.807, 2.05) is 23.1 Å². The minimum Gasteiger partial charge on any atom is -0.317 e. The zero-order chi connectivity index (χ0) is 19.9. The monoisotopic (exact) mass is 399 g/mol. The highest BCUT2D eigenvalue weighted by Crippen LogP contribution is 2.39. The Morgan fingerprint density at radius 1 is 1.04 bits per heavy atom. The van der Waals surface area contributed by atoms with Crippen molar-refractivity contribution in [1.29, 1.82) is 0 Å². The molecule has 2 aliphatic rings. The van der Waals surface area contributed by atoms with Crippen LogP contribution in [0.2, 0.25) is 0 Å². The van der Waals surface area contributed by atoms with E-state index in [2.05, 4.69) is 17.0 Å². The van der Waals surface area contributed by atoms with Crippen molar-refractivity contribution in [3.05, 3.63) is 65.7 Å². The highest BCUT2D eigenvalue weighted by atomic mass is 32.2. The third-order valence-electron chi connectivity index (χ3n) is 5.68. The maximum absolute atomic E-state index is 13.3. The first-order valence-electron chi connectivity index (χ1n) is 9.54. The van der Waals surface area contributed by atoms with Crippen molar-refractivity contribution in [3.8, 4) is 0 Å². The van der Waals surface area contributed by atoms with Crippen LogP contribution in [0.4, 0.5) is 0 Å². The largest absolute Gasteiger partial charge is 0.317 e. The molecule has 2 aliphatic heterocycles. The lowest BCUT2D eigenvalue weighted by molar-refractivity contribution is 0.0639. The molecule has 2 unspecified atom stereocenters. The van der Waals surface area contributed by atoms with Crippen LogP contribution < -0.4 is 0 Å². The van der Waals surface area contributed by atoms with Gasteiger partial charge < -0.3 is 4.90 Å². The summed E-state index contributed by atoms with van der Waals surface area (Å²) in [5.74, 6) is -0.0583. The Balaban J connectivity index is 1.63. The molecule has 0 bridgehead atoms. The Morgan fingerprint density at radius 2 is 1.71 bits per heavy atom. The number of carbonyl (C=O) groups excluding carboxylic acids is 1. The number of rotatable bonds is 4. The van der Waals surface area contributed by atoms with E-state index in [4.69, 9.17) is 0 Å². The van der Waals surface area contributed by atoms with Gasteiger partial charge in [0.2, 0.25) is 10.0 Å². The van der Waals surface area contributed by atoms with Gasteiger partial charge in [0.15, 0.2) is 0 Å². The van der Waals surface area contributed by atoms with Crippen molar-refractivity contribution in [3.63, 3.8) is 0 Å². The number of amides is 1. The van der Waals surface area contributed by atoms with Gasteiger partial charge in [-0.05, 0) is 42.7 Å². The van der Waals surface area contributed by atoms with E-state index in [1.165, 1.54) is 30.5 Å². The Bertz CT molecular complexity index is 958. The molecule has 6 nitrogen and oxygen atoms in total. The molecule has 2 fully saturated rings. The second kappa shape index (κ2) is 7.31. The molecule has 2 aromatic carbocycles. The highest BCUT2D eigenvalue weighted by Gasteiger charge is 2.44. The van der Waals surface area contributed by atoms with Crippen LogP contribution in [-0.2, 0) is 10.0 Å². The molecule has 4 rings (SSSR count). The topological polar surface area (TPSA) is 60.9 Å². The van der Waals surface area contributed by atoms with Crippen molar-refractivity contribution >= 4 is 15.9 Å². The summed E-state index contributed by atoms with van der Waals surface area (Å²) < 4.78 is 25.7. The molecule has 0 N–H and O–H groups in total. The summed E-state index contributed by atoms with van der Waals surface area (Å²) in [6.45, 7) is 1.70. The number of sulfonamides is 1. The SMILES string of the molecule is CN(C)S(=O)(=O)c1ccc(C(=O)N2CC3CCCN3C2c2ccccc2)cc1. The molecule has 7 heteroatoms. The lowest BCUT2D eigenvalue weighted by atomic mass is 10.1. The number of nitrogens with zero attached hydrogens (tertiary/aromatic N) is 3. The Labute approximate surface area is 166 Å². The fraction of sp³-hybridized carbons (Fsp3) is 0.381. The van der Waals surface area contributed by atoms with Crippen molar-refractivity contribution in [1.82, 2.24) is 14.1 Å². The van der Waals surface area contributed by atoms with E-state index >= 15 is 0 Å².